The van der Waals surface area contributed by atoms with Crippen LogP contribution in [0.1, 0.15) is 59.3 Å². The van der Waals surface area contributed by atoms with Crippen molar-refractivity contribution in [1.82, 2.24) is 0 Å². The smallest absolute Gasteiger partial charge is 0.333 e. The van der Waals surface area contributed by atoms with Crippen molar-refractivity contribution in [2.75, 3.05) is 6.61 Å². The highest BCUT2D eigenvalue weighted by Gasteiger charge is 2.58. The van der Waals surface area contributed by atoms with Crippen LogP contribution in [-0.2, 0) is 23.8 Å². The van der Waals surface area contributed by atoms with Crippen molar-refractivity contribution in [2.45, 2.75) is 71.7 Å². The highest BCUT2D eigenvalue weighted by molar-refractivity contribution is 5.87. The Morgan fingerprint density at radius 2 is 1.85 bits per heavy atom. The largest absolute Gasteiger partial charge is 0.459 e. The number of fused-ring (bicyclic) bond motifs is 5. The molecule has 146 valence electrons. The van der Waals surface area contributed by atoms with Crippen molar-refractivity contribution < 1.29 is 23.8 Å². The first-order valence-electron chi connectivity index (χ1n) is 10.1. The zero-order valence-electron chi connectivity index (χ0n) is 16.2. The zero-order valence-corrected chi connectivity index (χ0v) is 16.2. The molecule has 0 heterocycles. The lowest BCUT2D eigenvalue weighted by Gasteiger charge is -2.30. The van der Waals surface area contributed by atoms with Gasteiger partial charge in [-0.1, -0.05) is 19.9 Å². The average molecular weight is 364 g/mol. The van der Waals surface area contributed by atoms with E-state index in [4.69, 9.17) is 14.2 Å². The predicted molar refractivity (Wildman–Crippen MR) is 97.0 cm³/mol. The lowest BCUT2D eigenvalue weighted by Crippen LogP contribution is -2.33. The van der Waals surface area contributed by atoms with Crippen molar-refractivity contribution in [3.05, 3.63) is 12.2 Å². The van der Waals surface area contributed by atoms with Crippen molar-refractivity contribution >= 4 is 11.9 Å². The fourth-order valence-electron chi connectivity index (χ4n) is 5.32. The fraction of sp³-hybridized carbons (Fsp3) is 0.810. The lowest BCUT2D eigenvalue weighted by molar-refractivity contribution is -0.182. The maximum Gasteiger partial charge on any atom is 0.333 e. The van der Waals surface area contributed by atoms with Gasteiger partial charge in [-0.25, -0.2) is 4.79 Å². The molecule has 3 fully saturated rings. The van der Waals surface area contributed by atoms with E-state index in [1.54, 1.807) is 13.8 Å². The van der Waals surface area contributed by atoms with Gasteiger partial charge in [0.25, 0.3) is 0 Å². The van der Waals surface area contributed by atoms with Gasteiger partial charge in [-0.05, 0) is 69.6 Å². The third-order valence-corrected chi connectivity index (χ3v) is 6.48. The second kappa shape index (κ2) is 8.12. The van der Waals surface area contributed by atoms with Gasteiger partial charge in [-0.2, -0.15) is 0 Å². The topological polar surface area (TPSA) is 61.8 Å². The molecule has 7 unspecified atom stereocenters. The third-order valence-electron chi connectivity index (χ3n) is 6.48. The molecule has 5 nitrogen and oxygen atoms in total. The monoisotopic (exact) mass is 364 g/mol. The summed E-state index contributed by atoms with van der Waals surface area (Å²) in [6.07, 6.45) is 5.37. The van der Waals surface area contributed by atoms with Crippen molar-refractivity contribution in [1.29, 1.82) is 0 Å². The molecule has 2 bridgehead atoms. The molecule has 0 spiro atoms. The van der Waals surface area contributed by atoms with Crippen molar-refractivity contribution in [3.8, 4) is 0 Å². The van der Waals surface area contributed by atoms with E-state index in [9.17, 15) is 9.59 Å². The molecule has 0 radical (unpaired) electrons. The molecular weight excluding hydrogens is 332 g/mol. The molecule has 3 aliphatic carbocycles. The Kier molecular flexibility index (Phi) is 6.06. The van der Waals surface area contributed by atoms with Gasteiger partial charge in [-0.3, -0.25) is 4.79 Å². The molecule has 3 saturated carbocycles. The van der Waals surface area contributed by atoms with E-state index in [1.807, 2.05) is 0 Å². The minimum atomic E-state index is -0.475. The predicted octanol–water partition coefficient (Wildman–Crippen LogP) is 3.86. The van der Waals surface area contributed by atoms with Crippen molar-refractivity contribution in [3.63, 3.8) is 0 Å². The number of hydrogen-bond donors (Lipinski definition) is 0. The number of rotatable bonds is 8. The van der Waals surface area contributed by atoms with Crippen LogP contribution in [0, 0.1) is 29.6 Å². The summed E-state index contributed by atoms with van der Waals surface area (Å²) in [5.74, 6) is 1.57. The highest BCUT2D eigenvalue weighted by Crippen LogP contribution is 2.61. The molecule has 7 atom stereocenters. The quantitative estimate of drug-likeness (QED) is 0.283. The lowest BCUT2D eigenvalue weighted by atomic mass is 9.76. The van der Waals surface area contributed by atoms with Gasteiger partial charge in [0.15, 0.2) is 6.29 Å². The second-order valence-corrected chi connectivity index (χ2v) is 8.34. The van der Waals surface area contributed by atoms with E-state index >= 15 is 0 Å². The Bertz CT molecular complexity index is 557. The van der Waals surface area contributed by atoms with Crippen LogP contribution in [0.15, 0.2) is 12.2 Å². The maximum absolute atomic E-state index is 12.6. The van der Waals surface area contributed by atoms with E-state index in [0.29, 0.717) is 35.9 Å². The van der Waals surface area contributed by atoms with E-state index in [1.165, 1.54) is 0 Å². The molecule has 0 saturated heterocycles. The maximum atomic E-state index is 12.6. The summed E-state index contributed by atoms with van der Waals surface area (Å²) in [4.78, 5) is 24.4. The van der Waals surface area contributed by atoms with Crippen LogP contribution in [-0.4, -0.2) is 30.9 Å². The standard InChI is InChI=1S/C21H32O5/c1-5-6-7-24-13(4)25-21(23)19-9-14-8-17(19)18-11-15(10-16(14)18)26-20(22)12(2)3/h13-19H,2,5-11H2,1,3-4H3. The molecule has 0 aromatic carbocycles. The van der Waals surface area contributed by atoms with Crippen LogP contribution >= 0.6 is 0 Å². The summed E-state index contributed by atoms with van der Waals surface area (Å²) in [5, 5.41) is 0. The van der Waals surface area contributed by atoms with Crippen LogP contribution < -0.4 is 0 Å². The number of carbonyl (C=O) groups is 2. The van der Waals surface area contributed by atoms with E-state index in [-0.39, 0.29) is 24.0 Å². The first-order valence-corrected chi connectivity index (χ1v) is 10.1. The Morgan fingerprint density at radius 1 is 1.12 bits per heavy atom. The summed E-state index contributed by atoms with van der Waals surface area (Å²) >= 11 is 0. The highest BCUT2D eigenvalue weighted by atomic mass is 16.7. The van der Waals surface area contributed by atoms with Crippen LogP contribution in [0.25, 0.3) is 0 Å². The molecule has 26 heavy (non-hydrogen) atoms. The minimum Gasteiger partial charge on any atom is -0.459 e. The number of unbranched alkanes of at least 4 members (excludes halogenated alkanes) is 1. The SMILES string of the molecule is C=C(C)C(=O)OC1CC2C3CC(C(=O)OC(C)OCCCC)C(C3)C2C1. The van der Waals surface area contributed by atoms with Crippen LogP contribution in [0.3, 0.4) is 0 Å². The molecule has 0 aliphatic heterocycles. The Balaban J connectivity index is 1.51. The van der Waals surface area contributed by atoms with Gasteiger partial charge in [0.2, 0.25) is 0 Å². The molecule has 0 aromatic heterocycles. The molecule has 3 aliphatic rings. The Labute approximate surface area is 156 Å². The van der Waals surface area contributed by atoms with Gasteiger partial charge < -0.3 is 14.2 Å². The summed E-state index contributed by atoms with van der Waals surface area (Å²) in [7, 11) is 0. The van der Waals surface area contributed by atoms with Crippen LogP contribution in [0.5, 0.6) is 0 Å². The van der Waals surface area contributed by atoms with E-state index in [0.717, 1.165) is 38.5 Å². The molecule has 5 heteroatoms. The zero-order chi connectivity index (χ0) is 18.8. The molecule has 0 amide bonds. The van der Waals surface area contributed by atoms with Crippen molar-refractivity contribution in [2.24, 2.45) is 29.6 Å². The number of ether oxygens (including phenoxy) is 3. The number of esters is 2. The van der Waals surface area contributed by atoms with Gasteiger partial charge in [0.1, 0.15) is 6.10 Å². The first-order chi connectivity index (χ1) is 12.4. The number of hydrogen-bond acceptors (Lipinski definition) is 5. The molecule has 0 aromatic rings. The second-order valence-electron chi connectivity index (χ2n) is 8.34. The van der Waals surface area contributed by atoms with E-state index < -0.39 is 6.29 Å². The Hall–Kier alpha value is -1.36. The van der Waals surface area contributed by atoms with Gasteiger partial charge in [0, 0.05) is 5.57 Å². The Morgan fingerprint density at radius 3 is 2.54 bits per heavy atom. The molecule has 3 rings (SSSR count). The normalized spacial score (nSPS) is 35.8. The summed E-state index contributed by atoms with van der Waals surface area (Å²) in [5.41, 5.74) is 0.448. The van der Waals surface area contributed by atoms with E-state index in [2.05, 4.69) is 13.5 Å². The summed E-state index contributed by atoms with van der Waals surface area (Å²) in [6.45, 7) is 9.86. The van der Waals surface area contributed by atoms with Crippen LogP contribution in [0.4, 0.5) is 0 Å². The molecule has 0 N–H and O–H groups in total. The summed E-state index contributed by atoms with van der Waals surface area (Å²) in [6, 6.07) is 0. The fourth-order valence-corrected chi connectivity index (χ4v) is 5.32. The molecular formula is C21H32O5. The average Bonchev–Trinajstić information content (AvgIpc) is 3.25. The summed E-state index contributed by atoms with van der Waals surface area (Å²) < 4.78 is 16.7. The van der Waals surface area contributed by atoms with Crippen LogP contribution in [0.2, 0.25) is 0 Å². The van der Waals surface area contributed by atoms with Gasteiger partial charge >= 0.3 is 11.9 Å². The number of carbonyl (C=O) groups excluding carboxylic acids is 2. The first kappa shape index (κ1) is 19.4. The minimum absolute atomic E-state index is 0.0194. The van der Waals surface area contributed by atoms with Gasteiger partial charge in [-0.15, -0.1) is 0 Å². The third kappa shape index (κ3) is 3.98. The van der Waals surface area contributed by atoms with Gasteiger partial charge in [0.05, 0.1) is 12.5 Å².